The average Bonchev–Trinajstić information content (AvgIpc) is 3.32. The SMILES string of the molecule is CC(=O)Nc1cc(-c2ccc3nc(-c4nc5ccccc5[nH]4)oc3c2)cnc1F. The molecule has 0 unspecified atom stereocenters. The topological polar surface area (TPSA) is 96.7 Å². The summed E-state index contributed by atoms with van der Waals surface area (Å²) in [6, 6.07) is 14.6. The molecule has 0 spiro atoms. The Hall–Kier alpha value is -4.07. The maximum atomic E-state index is 13.8. The van der Waals surface area contributed by atoms with Crippen LogP contribution in [0.2, 0.25) is 0 Å². The van der Waals surface area contributed by atoms with E-state index in [0.29, 0.717) is 28.4 Å². The largest absolute Gasteiger partial charge is 0.434 e. The molecule has 2 aromatic carbocycles. The molecule has 3 aromatic heterocycles. The third-order valence-electron chi connectivity index (χ3n) is 4.46. The third-order valence-corrected chi connectivity index (χ3v) is 4.46. The van der Waals surface area contributed by atoms with Crippen LogP contribution >= 0.6 is 0 Å². The number of H-pyrrole nitrogens is 1. The Bertz CT molecular complexity index is 1360. The average molecular weight is 387 g/mol. The fourth-order valence-electron chi connectivity index (χ4n) is 3.14. The Balaban J connectivity index is 1.55. The standard InChI is InChI=1S/C21H14FN5O2/c1-11(28)24-17-8-13(10-23-19(17)22)12-6-7-16-18(9-12)29-21(27-16)20-25-14-4-2-3-5-15(14)26-20/h2-10H,1H3,(H,24,28)(H,25,26). The van der Waals surface area contributed by atoms with E-state index in [1.807, 2.05) is 36.4 Å². The van der Waals surface area contributed by atoms with Gasteiger partial charge >= 0.3 is 0 Å². The number of amides is 1. The number of nitrogens with one attached hydrogen (secondary N) is 2. The van der Waals surface area contributed by atoms with Gasteiger partial charge in [0.1, 0.15) is 5.52 Å². The van der Waals surface area contributed by atoms with Gasteiger partial charge in [-0.1, -0.05) is 18.2 Å². The number of carbonyl (C=O) groups is 1. The number of halogens is 1. The lowest BCUT2D eigenvalue weighted by molar-refractivity contribution is -0.114. The van der Waals surface area contributed by atoms with Crippen LogP contribution in [0.25, 0.3) is 45.0 Å². The summed E-state index contributed by atoms with van der Waals surface area (Å²) in [4.78, 5) is 27.2. The summed E-state index contributed by atoms with van der Waals surface area (Å²) in [6.07, 6.45) is 1.40. The van der Waals surface area contributed by atoms with E-state index < -0.39 is 5.95 Å². The van der Waals surface area contributed by atoms with Crippen molar-refractivity contribution in [3.63, 3.8) is 0 Å². The fourth-order valence-corrected chi connectivity index (χ4v) is 3.14. The molecule has 3 heterocycles. The number of aromatic amines is 1. The first-order valence-corrected chi connectivity index (χ1v) is 8.86. The predicted octanol–water partition coefficient (Wildman–Crippen LogP) is 4.53. The van der Waals surface area contributed by atoms with Crippen molar-refractivity contribution in [3.05, 3.63) is 60.7 Å². The number of pyridine rings is 1. The number of benzene rings is 2. The van der Waals surface area contributed by atoms with Gasteiger partial charge in [-0.3, -0.25) is 4.79 Å². The summed E-state index contributed by atoms with van der Waals surface area (Å²) in [5, 5.41) is 2.43. The van der Waals surface area contributed by atoms with Crippen molar-refractivity contribution in [3.8, 4) is 22.8 Å². The van der Waals surface area contributed by atoms with Crippen molar-refractivity contribution in [2.75, 3.05) is 5.32 Å². The van der Waals surface area contributed by atoms with E-state index in [4.69, 9.17) is 4.42 Å². The van der Waals surface area contributed by atoms with Crippen LogP contribution in [0.4, 0.5) is 10.1 Å². The first-order chi connectivity index (χ1) is 14.1. The van der Waals surface area contributed by atoms with E-state index >= 15 is 0 Å². The zero-order valence-corrected chi connectivity index (χ0v) is 15.2. The van der Waals surface area contributed by atoms with Crippen LogP contribution < -0.4 is 5.32 Å². The van der Waals surface area contributed by atoms with Crippen molar-refractivity contribution >= 4 is 33.7 Å². The molecular formula is C21H14FN5O2. The van der Waals surface area contributed by atoms with Crippen LogP contribution in [0.1, 0.15) is 6.92 Å². The van der Waals surface area contributed by atoms with Crippen LogP contribution in [0.5, 0.6) is 0 Å². The highest BCUT2D eigenvalue weighted by Crippen LogP contribution is 2.29. The Morgan fingerprint density at radius 1 is 1.07 bits per heavy atom. The van der Waals surface area contributed by atoms with E-state index in [9.17, 15) is 9.18 Å². The van der Waals surface area contributed by atoms with E-state index in [2.05, 4.69) is 25.3 Å². The highest BCUT2D eigenvalue weighted by atomic mass is 19.1. The summed E-state index contributed by atoms with van der Waals surface area (Å²) < 4.78 is 19.7. The van der Waals surface area contributed by atoms with Gasteiger partial charge in [0, 0.05) is 18.7 Å². The molecule has 142 valence electrons. The number of oxazole rings is 1. The van der Waals surface area contributed by atoms with Crippen molar-refractivity contribution in [2.45, 2.75) is 6.92 Å². The molecule has 0 saturated carbocycles. The minimum Gasteiger partial charge on any atom is -0.434 e. The second kappa shape index (κ2) is 6.52. The Morgan fingerprint density at radius 3 is 2.76 bits per heavy atom. The maximum absolute atomic E-state index is 13.8. The summed E-state index contributed by atoms with van der Waals surface area (Å²) in [7, 11) is 0. The lowest BCUT2D eigenvalue weighted by Gasteiger charge is -2.06. The Labute approximate surface area is 163 Å². The molecule has 0 aliphatic carbocycles. The first-order valence-electron chi connectivity index (χ1n) is 8.86. The van der Waals surface area contributed by atoms with Gasteiger partial charge < -0.3 is 14.7 Å². The number of nitrogens with zero attached hydrogens (tertiary/aromatic N) is 3. The molecule has 0 aliphatic heterocycles. The molecule has 0 radical (unpaired) electrons. The summed E-state index contributed by atoms with van der Waals surface area (Å²) >= 11 is 0. The van der Waals surface area contributed by atoms with Gasteiger partial charge in [0.25, 0.3) is 5.89 Å². The Morgan fingerprint density at radius 2 is 1.93 bits per heavy atom. The fraction of sp³-hybridized carbons (Fsp3) is 0.0476. The number of hydrogen-bond acceptors (Lipinski definition) is 5. The molecule has 0 aliphatic rings. The molecule has 5 aromatic rings. The first kappa shape index (κ1) is 17.1. The van der Waals surface area contributed by atoms with Crippen LogP contribution in [0.3, 0.4) is 0 Å². The van der Waals surface area contributed by atoms with E-state index in [-0.39, 0.29) is 11.6 Å². The minimum absolute atomic E-state index is 0.0237. The molecule has 0 atom stereocenters. The highest BCUT2D eigenvalue weighted by Gasteiger charge is 2.14. The van der Waals surface area contributed by atoms with Crippen LogP contribution in [-0.4, -0.2) is 25.8 Å². The van der Waals surface area contributed by atoms with Gasteiger partial charge in [-0.25, -0.2) is 15.0 Å². The number of aromatic nitrogens is 4. The minimum atomic E-state index is -0.739. The maximum Gasteiger partial charge on any atom is 0.264 e. The number of rotatable bonds is 3. The molecule has 2 N–H and O–H groups in total. The van der Waals surface area contributed by atoms with Crippen molar-refractivity contribution in [1.82, 2.24) is 19.9 Å². The van der Waals surface area contributed by atoms with Gasteiger partial charge in [-0.15, -0.1) is 0 Å². The van der Waals surface area contributed by atoms with Gasteiger partial charge in [0.15, 0.2) is 11.4 Å². The molecule has 7 nitrogen and oxygen atoms in total. The number of para-hydroxylation sites is 2. The summed E-state index contributed by atoms with van der Waals surface area (Å²) in [5.74, 6) is -0.189. The smallest absolute Gasteiger partial charge is 0.264 e. The normalized spacial score (nSPS) is 11.2. The lowest BCUT2D eigenvalue weighted by Crippen LogP contribution is -2.08. The third kappa shape index (κ3) is 3.10. The Kier molecular flexibility index (Phi) is 3.83. The zero-order valence-electron chi connectivity index (χ0n) is 15.2. The van der Waals surface area contributed by atoms with Crippen LogP contribution in [-0.2, 0) is 4.79 Å². The molecule has 0 bridgehead atoms. The second-order valence-electron chi connectivity index (χ2n) is 6.55. The van der Waals surface area contributed by atoms with Gasteiger partial charge in [-0.2, -0.15) is 4.39 Å². The molecule has 8 heteroatoms. The van der Waals surface area contributed by atoms with Gasteiger partial charge in [-0.05, 0) is 35.9 Å². The number of carbonyl (C=O) groups excluding carboxylic acids is 1. The van der Waals surface area contributed by atoms with E-state index in [0.717, 1.165) is 16.6 Å². The number of hydrogen-bond donors (Lipinski definition) is 2. The van der Waals surface area contributed by atoms with Gasteiger partial charge in [0.2, 0.25) is 11.9 Å². The highest BCUT2D eigenvalue weighted by molar-refractivity contribution is 5.90. The van der Waals surface area contributed by atoms with Crippen molar-refractivity contribution in [2.24, 2.45) is 0 Å². The summed E-state index contributed by atoms with van der Waals surface area (Å²) in [5.41, 5.74) is 4.37. The second-order valence-corrected chi connectivity index (χ2v) is 6.55. The van der Waals surface area contributed by atoms with Crippen LogP contribution in [0.15, 0.2) is 59.1 Å². The van der Waals surface area contributed by atoms with Crippen molar-refractivity contribution in [1.29, 1.82) is 0 Å². The zero-order chi connectivity index (χ0) is 20.0. The molecule has 29 heavy (non-hydrogen) atoms. The molecule has 0 saturated heterocycles. The molecule has 5 rings (SSSR count). The van der Waals surface area contributed by atoms with Crippen LogP contribution in [0, 0.1) is 5.95 Å². The van der Waals surface area contributed by atoms with E-state index in [1.54, 1.807) is 6.07 Å². The molecule has 1 amide bonds. The van der Waals surface area contributed by atoms with Gasteiger partial charge in [0.05, 0.1) is 16.7 Å². The van der Waals surface area contributed by atoms with E-state index in [1.165, 1.54) is 19.2 Å². The molecule has 0 fully saturated rings. The number of imidazole rings is 1. The monoisotopic (exact) mass is 387 g/mol. The predicted molar refractivity (Wildman–Crippen MR) is 107 cm³/mol. The summed E-state index contributed by atoms with van der Waals surface area (Å²) in [6.45, 7) is 1.31. The van der Waals surface area contributed by atoms with Crippen molar-refractivity contribution < 1.29 is 13.6 Å². The number of anilines is 1. The quantitative estimate of drug-likeness (QED) is 0.443. The molecular weight excluding hydrogens is 373 g/mol. The number of fused-ring (bicyclic) bond motifs is 2. The lowest BCUT2D eigenvalue weighted by atomic mass is 10.1.